The van der Waals surface area contributed by atoms with Crippen molar-refractivity contribution < 1.29 is 0 Å². The zero-order valence-electron chi connectivity index (χ0n) is 13.7. The van der Waals surface area contributed by atoms with Gasteiger partial charge in [0.05, 0.1) is 10.7 Å². The van der Waals surface area contributed by atoms with Crippen LogP contribution in [-0.4, -0.2) is 23.1 Å². The largest absolute Gasteiger partial charge is 0.354 e. The summed E-state index contributed by atoms with van der Waals surface area (Å²) < 4.78 is 0. The first-order valence-electron chi connectivity index (χ1n) is 8.08. The van der Waals surface area contributed by atoms with E-state index in [1.165, 1.54) is 25.7 Å². The van der Waals surface area contributed by atoms with Crippen molar-refractivity contribution in [2.75, 3.05) is 11.4 Å². The van der Waals surface area contributed by atoms with E-state index < -0.39 is 0 Å². The Hall–Kier alpha value is -0.800. The highest BCUT2D eigenvalue weighted by atomic mass is 35.5. The molecule has 2 rings (SSSR count). The molecule has 1 aliphatic carbocycles. The highest BCUT2D eigenvalue weighted by molar-refractivity contribution is 6.31. The molecule has 0 amide bonds. The first kappa shape index (κ1) is 16.6. The van der Waals surface area contributed by atoms with Gasteiger partial charge in [-0.3, -0.25) is 0 Å². The Kier molecular flexibility index (Phi) is 5.50. The molecule has 118 valence electrons. The summed E-state index contributed by atoms with van der Waals surface area (Å²) in [5, 5.41) is 4.22. The monoisotopic (exact) mass is 309 g/mol. The summed E-state index contributed by atoms with van der Waals surface area (Å²) in [6.45, 7) is 10.4. The molecule has 0 bridgehead atoms. The molecule has 1 fully saturated rings. The number of pyridine rings is 1. The van der Waals surface area contributed by atoms with Gasteiger partial charge in [0.25, 0.3) is 0 Å². The molecule has 3 nitrogen and oxygen atoms in total. The Bertz CT molecular complexity index is 462. The van der Waals surface area contributed by atoms with E-state index >= 15 is 0 Å². The maximum Gasteiger partial charge on any atom is 0.129 e. The van der Waals surface area contributed by atoms with Gasteiger partial charge in [0.2, 0.25) is 0 Å². The molecule has 0 aromatic carbocycles. The molecule has 0 unspecified atom stereocenters. The number of nitrogens with zero attached hydrogens (tertiary/aromatic N) is 2. The smallest absolute Gasteiger partial charge is 0.129 e. The summed E-state index contributed by atoms with van der Waals surface area (Å²) in [5.41, 5.74) is 1.01. The fourth-order valence-electron chi connectivity index (χ4n) is 2.93. The van der Waals surface area contributed by atoms with E-state index in [4.69, 9.17) is 16.6 Å². The number of halogens is 1. The zero-order chi connectivity index (χ0) is 15.5. The summed E-state index contributed by atoms with van der Waals surface area (Å²) in [6, 6.07) is 4.69. The molecule has 0 radical (unpaired) electrons. The summed E-state index contributed by atoms with van der Waals surface area (Å²) in [4.78, 5) is 7.26. The first-order chi connectivity index (χ1) is 9.90. The molecule has 0 saturated heterocycles. The van der Waals surface area contributed by atoms with E-state index in [0.717, 1.165) is 23.1 Å². The average Bonchev–Trinajstić information content (AvgIpc) is 2.93. The zero-order valence-corrected chi connectivity index (χ0v) is 14.5. The molecule has 1 heterocycles. The van der Waals surface area contributed by atoms with Gasteiger partial charge in [-0.2, -0.15) is 0 Å². The lowest BCUT2D eigenvalue weighted by Gasteiger charge is -2.29. The molecule has 21 heavy (non-hydrogen) atoms. The molecule has 1 saturated carbocycles. The summed E-state index contributed by atoms with van der Waals surface area (Å²) >= 11 is 6.31. The second-order valence-electron chi connectivity index (χ2n) is 6.93. The fraction of sp³-hybridized carbons (Fsp3) is 0.706. The Morgan fingerprint density at radius 1 is 1.29 bits per heavy atom. The lowest BCUT2D eigenvalue weighted by atomic mass is 10.1. The van der Waals surface area contributed by atoms with E-state index in [1.807, 2.05) is 6.07 Å². The van der Waals surface area contributed by atoms with Crippen molar-refractivity contribution in [3.63, 3.8) is 0 Å². The van der Waals surface area contributed by atoms with Crippen molar-refractivity contribution in [3.8, 4) is 0 Å². The number of nitrogens with one attached hydrogen (secondary N) is 1. The van der Waals surface area contributed by atoms with Crippen LogP contribution in [0.4, 0.5) is 5.82 Å². The third-order valence-corrected chi connectivity index (χ3v) is 4.43. The van der Waals surface area contributed by atoms with Crippen LogP contribution in [-0.2, 0) is 6.54 Å². The van der Waals surface area contributed by atoms with Crippen molar-refractivity contribution in [1.82, 2.24) is 10.3 Å². The third-order valence-electron chi connectivity index (χ3n) is 4.09. The van der Waals surface area contributed by atoms with E-state index in [0.29, 0.717) is 12.6 Å². The van der Waals surface area contributed by atoms with Gasteiger partial charge in [0, 0.05) is 24.7 Å². The van der Waals surface area contributed by atoms with Gasteiger partial charge in [-0.25, -0.2) is 4.98 Å². The van der Waals surface area contributed by atoms with E-state index in [9.17, 15) is 0 Å². The van der Waals surface area contributed by atoms with Gasteiger partial charge in [-0.1, -0.05) is 24.4 Å². The minimum Gasteiger partial charge on any atom is -0.354 e. The van der Waals surface area contributed by atoms with Crippen molar-refractivity contribution in [3.05, 3.63) is 22.8 Å². The summed E-state index contributed by atoms with van der Waals surface area (Å²) in [7, 11) is 0. The summed E-state index contributed by atoms with van der Waals surface area (Å²) in [5.74, 6) is 1.07. The van der Waals surface area contributed by atoms with Crippen LogP contribution in [0.3, 0.4) is 0 Å². The Morgan fingerprint density at radius 2 is 1.95 bits per heavy atom. The minimum absolute atomic E-state index is 0.0664. The van der Waals surface area contributed by atoms with Crippen molar-refractivity contribution >= 4 is 17.4 Å². The molecular weight excluding hydrogens is 282 g/mol. The lowest BCUT2D eigenvalue weighted by Crippen LogP contribution is -2.36. The van der Waals surface area contributed by atoms with Gasteiger partial charge in [-0.05, 0) is 52.7 Å². The van der Waals surface area contributed by atoms with Crippen LogP contribution in [0.2, 0.25) is 5.02 Å². The van der Waals surface area contributed by atoms with Crippen LogP contribution < -0.4 is 10.2 Å². The van der Waals surface area contributed by atoms with Gasteiger partial charge in [-0.15, -0.1) is 0 Å². The number of hydrogen-bond acceptors (Lipinski definition) is 3. The molecule has 1 N–H and O–H groups in total. The molecule has 1 aromatic rings. The molecular formula is C17H28ClN3. The van der Waals surface area contributed by atoms with Gasteiger partial charge in [0.1, 0.15) is 5.82 Å². The SMILES string of the molecule is CCN(c1ccc(Cl)c(CNC(C)(C)C)n1)C1CCCC1. The van der Waals surface area contributed by atoms with Crippen molar-refractivity contribution in [2.24, 2.45) is 0 Å². The maximum atomic E-state index is 6.31. The minimum atomic E-state index is 0.0664. The van der Waals surface area contributed by atoms with Crippen LogP contribution in [0.5, 0.6) is 0 Å². The fourth-order valence-corrected chi connectivity index (χ4v) is 3.10. The van der Waals surface area contributed by atoms with Crippen LogP contribution in [0.15, 0.2) is 12.1 Å². The van der Waals surface area contributed by atoms with Gasteiger partial charge >= 0.3 is 0 Å². The van der Waals surface area contributed by atoms with E-state index in [2.05, 4.69) is 44.0 Å². The second-order valence-corrected chi connectivity index (χ2v) is 7.33. The van der Waals surface area contributed by atoms with Crippen LogP contribution >= 0.6 is 11.6 Å². The number of hydrogen-bond donors (Lipinski definition) is 1. The predicted molar refractivity (Wildman–Crippen MR) is 91.1 cm³/mol. The van der Waals surface area contributed by atoms with Crippen molar-refractivity contribution in [1.29, 1.82) is 0 Å². The Labute approximate surface area is 134 Å². The Balaban J connectivity index is 2.16. The van der Waals surface area contributed by atoms with E-state index in [-0.39, 0.29) is 5.54 Å². The highest BCUT2D eigenvalue weighted by Crippen LogP contribution is 2.28. The first-order valence-corrected chi connectivity index (χ1v) is 8.45. The molecule has 1 aromatic heterocycles. The van der Waals surface area contributed by atoms with Gasteiger partial charge < -0.3 is 10.2 Å². The molecule has 0 atom stereocenters. The predicted octanol–water partition coefficient (Wildman–Crippen LogP) is 4.39. The van der Waals surface area contributed by atoms with Gasteiger partial charge in [0.15, 0.2) is 0 Å². The molecule has 1 aliphatic rings. The van der Waals surface area contributed by atoms with E-state index in [1.54, 1.807) is 0 Å². The Morgan fingerprint density at radius 3 is 2.52 bits per heavy atom. The number of rotatable bonds is 5. The molecule has 4 heteroatoms. The van der Waals surface area contributed by atoms with Crippen molar-refractivity contribution in [2.45, 2.75) is 71.5 Å². The standard InChI is InChI=1S/C17H28ClN3/c1-5-21(13-8-6-7-9-13)16-11-10-14(18)15(20-16)12-19-17(2,3)4/h10-11,13,19H,5-9,12H2,1-4H3. The maximum absolute atomic E-state index is 6.31. The van der Waals surface area contributed by atoms with Crippen LogP contribution in [0, 0.1) is 0 Å². The lowest BCUT2D eigenvalue weighted by molar-refractivity contribution is 0.421. The summed E-state index contributed by atoms with van der Waals surface area (Å²) in [6.07, 6.45) is 5.25. The molecule has 0 aliphatic heterocycles. The van der Waals surface area contributed by atoms with Crippen LogP contribution in [0.1, 0.15) is 59.1 Å². The van der Waals surface area contributed by atoms with Crippen LogP contribution in [0.25, 0.3) is 0 Å². The highest BCUT2D eigenvalue weighted by Gasteiger charge is 2.23. The number of aromatic nitrogens is 1. The number of anilines is 1. The topological polar surface area (TPSA) is 28.2 Å². The molecule has 0 spiro atoms. The quantitative estimate of drug-likeness (QED) is 0.874. The second kappa shape index (κ2) is 6.97. The normalized spacial score (nSPS) is 16.4. The average molecular weight is 310 g/mol. The third kappa shape index (κ3) is 4.58.